The van der Waals surface area contributed by atoms with Gasteiger partial charge < -0.3 is 10.4 Å². The fraction of sp³-hybridized carbons (Fsp3) is 1.00. The number of rotatable bonds is 6. The Morgan fingerprint density at radius 2 is 2.07 bits per heavy atom. The lowest BCUT2D eigenvalue weighted by Gasteiger charge is -2.26. The lowest BCUT2D eigenvalue weighted by atomic mass is 9.98. The van der Waals surface area contributed by atoms with Crippen molar-refractivity contribution in [2.24, 2.45) is 11.8 Å². The fourth-order valence-electron chi connectivity index (χ4n) is 2.58. The van der Waals surface area contributed by atoms with E-state index < -0.39 is 0 Å². The summed E-state index contributed by atoms with van der Waals surface area (Å²) in [5.41, 5.74) is 0. The van der Waals surface area contributed by atoms with Crippen LogP contribution in [0.4, 0.5) is 0 Å². The molecule has 0 amide bonds. The van der Waals surface area contributed by atoms with Gasteiger partial charge in [0.25, 0.3) is 0 Å². The highest BCUT2D eigenvalue weighted by Crippen LogP contribution is 2.28. The average Bonchev–Trinajstić information content (AvgIpc) is 2.72. The van der Waals surface area contributed by atoms with Gasteiger partial charge in [-0.1, -0.05) is 33.6 Å². The minimum absolute atomic E-state index is 0.280. The Labute approximate surface area is 94.5 Å². The molecule has 15 heavy (non-hydrogen) atoms. The summed E-state index contributed by atoms with van der Waals surface area (Å²) >= 11 is 0. The van der Waals surface area contributed by atoms with Crippen LogP contribution in [-0.2, 0) is 0 Å². The molecule has 0 aromatic rings. The minimum Gasteiger partial charge on any atom is -0.395 e. The predicted octanol–water partition coefficient (Wildman–Crippen LogP) is 2.56. The van der Waals surface area contributed by atoms with Gasteiger partial charge in [-0.2, -0.15) is 0 Å². The second kappa shape index (κ2) is 6.49. The van der Waals surface area contributed by atoms with Crippen molar-refractivity contribution < 1.29 is 5.11 Å². The van der Waals surface area contributed by atoms with Crippen LogP contribution in [0.3, 0.4) is 0 Å². The lowest BCUT2D eigenvalue weighted by Crippen LogP contribution is -2.43. The van der Waals surface area contributed by atoms with Crippen LogP contribution in [0.5, 0.6) is 0 Å². The molecular formula is C13H27NO. The van der Waals surface area contributed by atoms with Gasteiger partial charge in [-0.3, -0.25) is 0 Å². The molecular weight excluding hydrogens is 186 g/mol. The Bertz CT molecular complexity index is 172. The Hall–Kier alpha value is -0.0800. The third-order valence-electron chi connectivity index (χ3n) is 4.10. The summed E-state index contributed by atoms with van der Waals surface area (Å²) in [6.45, 7) is 6.98. The number of hydrogen-bond acceptors (Lipinski definition) is 2. The highest BCUT2D eigenvalue weighted by atomic mass is 16.3. The van der Waals surface area contributed by atoms with E-state index in [9.17, 15) is 5.11 Å². The van der Waals surface area contributed by atoms with E-state index in [1.54, 1.807) is 0 Å². The maximum absolute atomic E-state index is 9.35. The molecule has 0 aliphatic heterocycles. The molecule has 1 aliphatic rings. The van der Waals surface area contributed by atoms with Crippen LogP contribution < -0.4 is 5.32 Å². The first-order valence-electron chi connectivity index (χ1n) is 6.58. The maximum Gasteiger partial charge on any atom is 0.0587 e. The second-order valence-corrected chi connectivity index (χ2v) is 5.13. The molecule has 1 fully saturated rings. The molecule has 0 aromatic carbocycles. The van der Waals surface area contributed by atoms with E-state index >= 15 is 0 Å². The summed E-state index contributed by atoms with van der Waals surface area (Å²) < 4.78 is 0. The van der Waals surface area contributed by atoms with Gasteiger partial charge in [-0.25, -0.2) is 0 Å². The zero-order valence-electron chi connectivity index (χ0n) is 10.5. The lowest BCUT2D eigenvalue weighted by molar-refractivity contribution is 0.189. The second-order valence-electron chi connectivity index (χ2n) is 5.13. The minimum atomic E-state index is 0.280. The molecule has 4 unspecified atom stereocenters. The number of hydrogen-bond donors (Lipinski definition) is 2. The first-order valence-corrected chi connectivity index (χ1v) is 6.58. The van der Waals surface area contributed by atoms with Gasteiger partial charge in [-0.05, 0) is 31.1 Å². The normalized spacial score (nSPS) is 30.4. The predicted molar refractivity (Wildman–Crippen MR) is 64.9 cm³/mol. The SMILES string of the molecule is CCC1CCC(NC(CO)C(C)CC)C1. The third-order valence-corrected chi connectivity index (χ3v) is 4.10. The third kappa shape index (κ3) is 3.76. The topological polar surface area (TPSA) is 32.3 Å². The van der Waals surface area contributed by atoms with Crippen molar-refractivity contribution in [3.8, 4) is 0 Å². The van der Waals surface area contributed by atoms with Gasteiger partial charge in [0.15, 0.2) is 0 Å². The molecule has 1 saturated carbocycles. The van der Waals surface area contributed by atoms with Crippen molar-refractivity contribution in [2.75, 3.05) is 6.61 Å². The highest BCUT2D eigenvalue weighted by molar-refractivity contribution is 4.84. The summed E-state index contributed by atoms with van der Waals surface area (Å²) in [4.78, 5) is 0. The summed E-state index contributed by atoms with van der Waals surface area (Å²) in [5, 5.41) is 13.0. The molecule has 0 heterocycles. The molecule has 4 atom stereocenters. The molecule has 2 nitrogen and oxygen atoms in total. The quantitative estimate of drug-likeness (QED) is 0.711. The van der Waals surface area contributed by atoms with Gasteiger partial charge in [0.1, 0.15) is 0 Å². The smallest absolute Gasteiger partial charge is 0.0587 e. The van der Waals surface area contributed by atoms with E-state index in [0.29, 0.717) is 18.0 Å². The maximum atomic E-state index is 9.35. The molecule has 90 valence electrons. The van der Waals surface area contributed by atoms with Crippen molar-refractivity contribution in [3.05, 3.63) is 0 Å². The fourth-order valence-corrected chi connectivity index (χ4v) is 2.58. The van der Waals surface area contributed by atoms with Gasteiger partial charge in [-0.15, -0.1) is 0 Å². The first-order chi connectivity index (χ1) is 7.21. The molecule has 1 aliphatic carbocycles. The Morgan fingerprint density at radius 1 is 1.33 bits per heavy atom. The summed E-state index contributed by atoms with van der Waals surface area (Å²) in [7, 11) is 0. The molecule has 2 heteroatoms. The molecule has 0 saturated heterocycles. The van der Waals surface area contributed by atoms with Crippen LogP contribution in [0.25, 0.3) is 0 Å². The van der Waals surface area contributed by atoms with Crippen molar-refractivity contribution >= 4 is 0 Å². The zero-order chi connectivity index (χ0) is 11.3. The molecule has 2 N–H and O–H groups in total. The molecule has 0 aromatic heterocycles. The van der Waals surface area contributed by atoms with Gasteiger partial charge in [0.05, 0.1) is 6.61 Å². The Balaban J connectivity index is 2.33. The van der Waals surface area contributed by atoms with E-state index in [2.05, 4.69) is 26.1 Å². The van der Waals surface area contributed by atoms with Crippen LogP contribution in [0.1, 0.15) is 52.9 Å². The van der Waals surface area contributed by atoms with E-state index in [-0.39, 0.29) is 6.61 Å². The Morgan fingerprint density at radius 3 is 2.53 bits per heavy atom. The highest BCUT2D eigenvalue weighted by Gasteiger charge is 2.26. The van der Waals surface area contributed by atoms with Crippen molar-refractivity contribution in [3.63, 3.8) is 0 Å². The largest absolute Gasteiger partial charge is 0.395 e. The molecule has 0 spiro atoms. The standard InChI is InChI=1S/C13H27NO/c1-4-10(3)13(9-15)14-12-7-6-11(5-2)8-12/h10-15H,4-9H2,1-3H3. The van der Waals surface area contributed by atoms with E-state index in [1.165, 1.54) is 25.7 Å². The molecule has 0 bridgehead atoms. The first kappa shape index (κ1) is 13.0. The van der Waals surface area contributed by atoms with Gasteiger partial charge in [0.2, 0.25) is 0 Å². The number of aliphatic hydroxyl groups is 1. The van der Waals surface area contributed by atoms with Crippen LogP contribution in [0.15, 0.2) is 0 Å². The van der Waals surface area contributed by atoms with Gasteiger partial charge >= 0.3 is 0 Å². The molecule has 1 rings (SSSR count). The number of aliphatic hydroxyl groups excluding tert-OH is 1. The van der Waals surface area contributed by atoms with E-state index in [1.807, 2.05) is 0 Å². The van der Waals surface area contributed by atoms with Crippen LogP contribution >= 0.6 is 0 Å². The van der Waals surface area contributed by atoms with Crippen LogP contribution in [-0.4, -0.2) is 23.8 Å². The summed E-state index contributed by atoms with van der Waals surface area (Å²) in [6.07, 6.45) is 6.43. The summed E-state index contributed by atoms with van der Waals surface area (Å²) in [6, 6.07) is 0.955. The van der Waals surface area contributed by atoms with Crippen molar-refractivity contribution in [1.29, 1.82) is 0 Å². The van der Waals surface area contributed by atoms with E-state index in [4.69, 9.17) is 0 Å². The number of nitrogens with one attached hydrogen (secondary N) is 1. The monoisotopic (exact) mass is 213 g/mol. The zero-order valence-corrected chi connectivity index (χ0v) is 10.5. The van der Waals surface area contributed by atoms with Crippen LogP contribution in [0.2, 0.25) is 0 Å². The van der Waals surface area contributed by atoms with Crippen LogP contribution in [0, 0.1) is 11.8 Å². The summed E-state index contributed by atoms with van der Waals surface area (Å²) in [5.74, 6) is 1.49. The van der Waals surface area contributed by atoms with Gasteiger partial charge in [0, 0.05) is 12.1 Å². The van der Waals surface area contributed by atoms with E-state index in [0.717, 1.165) is 12.3 Å². The average molecular weight is 213 g/mol. The van der Waals surface area contributed by atoms with Crippen molar-refractivity contribution in [2.45, 2.75) is 65.0 Å². The molecule has 0 radical (unpaired) electrons. The van der Waals surface area contributed by atoms with Crippen molar-refractivity contribution in [1.82, 2.24) is 5.32 Å². The Kier molecular flexibility index (Phi) is 5.62.